The summed E-state index contributed by atoms with van der Waals surface area (Å²) in [6, 6.07) is 6.28. The van der Waals surface area contributed by atoms with Crippen LogP contribution in [0.4, 0.5) is 0 Å². The molecule has 3 heteroatoms. The lowest BCUT2D eigenvalue weighted by Gasteiger charge is -2.13. The summed E-state index contributed by atoms with van der Waals surface area (Å²) >= 11 is 0. The Morgan fingerprint density at radius 1 is 1.39 bits per heavy atom. The van der Waals surface area contributed by atoms with E-state index in [4.69, 9.17) is 10.5 Å². The number of fused-ring (bicyclic) bond motifs is 1. The van der Waals surface area contributed by atoms with Crippen molar-refractivity contribution in [2.45, 2.75) is 25.2 Å². The number of nitrogens with two attached hydrogens (primary N) is 1. The molecule has 1 saturated carbocycles. The van der Waals surface area contributed by atoms with E-state index in [1.807, 2.05) is 6.07 Å². The van der Waals surface area contributed by atoms with E-state index >= 15 is 0 Å². The Hall–Kier alpha value is -1.48. The van der Waals surface area contributed by atoms with Crippen LogP contribution in [0.1, 0.15) is 24.1 Å². The van der Waals surface area contributed by atoms with E-state index in [2.05, 4.69) is 30.7 Å². The Morgan fingerprint density at radius 2 is 2.11 bits per heavy atom. The average molecular weight is 244 g/mol. The molecule has 0 radical (unpaired) electrons. The first-order valence-electron chi connectivity index (χ1n) is 6.47. The standard InChI is InChI=1S/C15H20N2O/c1-10-13(15(9-16)7-8-15)11-5-4-6-12(18-3)14(11)17(10)2/h4-6H,7-9,16H2,1-3H3. The fourth-order valence-corrected chi connectivity index (χ4v) is 3.14. The Bertz CT molecular complexity index is 608. The molecule has 3 nitrogen and oxygen atoms in total. The van der Waals surface area contributed by atoms with Crippen LogP contribution in [0.15, 0.2) is 18.2 Å². The van der Waals surface area contributed by atoms with Gasteiger partial charge in [0.2, 0.25) is 0 Å². The van der Waals surface area contributed by atoms with E-state index in [1.54, 1.807) is 7.11 Å². The number of ether oxygens (including phenoxy) is 1. The normalized spacial score (nSPS) is 17.1. The number of hydrogen-bond donors (Lipinski definition) is 1. The zero-order valence-corrected chi connectivity index (χ0v) is 11.3. The summed E-state index contributed by atoms with van der Waals surface area (Å²) < 4.78 is 7.73. The minimum absolute atomic E-state index is 0.218. The second-order valence-corrected chi connectivity index (χ2v) is 5.36. The van der Waals surface area contributed by atoms with E-state index in [9.17, 15) is 0 Å². The Labute approximate surface area is 108 Å². The van der Waals surface area contributed by atoms with Gasteiger partial charge in [-0.05, 0) is 31.4 Å². The van der Waals surface area contributed by atoms with Gasteiger partial charge in [-0.15, -0.1) is 0 Å². The minimum Gasteiger partial charge on any atom is -0.495 e. The molecule has 18 heavy (non-hydrogen) atoms. The van der Waals surface area contributed by atoms with Crippen LogP contribution in [0.2, 0.25) is 0 Å². The van der Waals surface area contributed by atoms with Crippen molar-refractivity contribution in [3.05, 3.63) is 29.5 Å². The molecule has 1 aromatic carbocycles. The van der Waals surface area contributed by atoms with Gasteiger partial charge in [0.25, 0.3) is 0 Å². The van der Waals surface area contributed by atoms with Gasteiger partial charge in [-0.3, -0.25) is 0 Å². The molecule has 0 atom stereocenters. The van der Waals surface area contributed by atoms with Gasteiger partial charge in [-0.1, -0.05) is 12.1 Å². The van der Waals surface area contributed by atoms with Crippen LogP contribution in [-0.4, -0.2) is 18.2 Å². The second kappa shape index (κ2) is 3.75. The lowest BCUT2D eigenvalue weighted by Crippen LogP contribution is -2.20. The molecule has 3 rings (SSSR count). The van der Waals surface area contributed by atoms with Crippen LogP contribution in [-0.2, 0) is 12.5 Å². The lowest BCUT2D eigenvalue weighted by atomic mass is 9.93. The molecule has 0 spiro atoms. The highest BCUT2D eigenvalue weighted by Gasteiger charge is 2.46. The van der Waals surface area contributed by atoms with Crippen LogP contribution in [0.25, 0.3) is 10.9 Å². The third-order valence-electron chi connectivity index (χ3n) is 4.46. The molecule has 0 saturated heterocycles. The number of hydrogen-bond acceptors (Lipinski definition) is 2. The molecule has 1 heterocycles. The fraction of sp³-hybridized carbons (Fsp3) is 0.467. The zero-order valence-electron chi connectivity index (χ0n) is 11.3. The van der Waals surface area contributed by atoms with Gasteiger partial charge in [0, 0.05) is 30.1 Å². The number of para-hydroxylation sites is 1. The Kier molecular flexibility index (Phi) is 2.42. The maximum atomic E-state index is 6.00. The third-order valence-corrected chi connectivity index (χ3v) is 4.46. The molecule has 0 aliphatic heterocycles. The summed E-state index contributed by atoms with van der Waals surface area (Å²) in [6.45, 7) is 2.93. The van der Waals surface area contributed by atoms with E-state index in [-0.39, 0.29) is 5.41 Å². The highest BCUT2D eigenvalue weighted by atomic mass is 16.5. The number of benzene rings is 1. The van der Waals surface area contributed by atoms with Crippen LogP contribution in [0, 0.1) is 6.92 Å². The van der Waals surface area contributed by atoms with E-state index < -0.39 is 0 Å². The number of methoxy groups -OCH3 is 1. The topological polar surface area (TPSA) is 40.2 Å². The largest absolute Gasteiger partial charge is 0.495 e. The van der Waals surface area contributed by atoms with Gasteiger partial charge in [-0.2, -0.15) is 0 Å². The van der Waals surface area contributed by atoms with Crippen molar-refractivity contribution in [3.8, 4) is 5.75 Å². The smallest absolute Gasteiger partial charge is 0.143 e. The summed E-state index contributed by atoms with van der Waals surface area (Å²) in [5, 5.41) is 1.30. The highest BCUT2D eigenvalue weighted by Crippen LogP contribution is 2.52. The SMILES string of the molecule is COc1cccc2c(C3(CN)CC3)c(C)n(C)c12. The summed E-state index contributed by atoms with van der Waals surface area (Å²) in [6.07, 6.45) is 2.42. The van der Waals surface area contributed by atoms with Gasteiger partial charge in [0.05, 0.1) is 12.6 Å². The monoisotopic (exact) mass is 244 g/mol. The summed E-state index contributed by atoms with van der Waals surface area (Å²) in [5.74, 6) is 0.942. The number of aryl methyl sites for hydroxylation is 1. The second-order valence-electron chi connectivity index (χ2n) is 5.36. The molecule has 1 aliphatic carbocycles. The van der Waals surface area contributed by atoms with Crippen molar-refractivity contribution < 1.29 is 4.74 Å². The number of rotatable bonds is 3. The van der Waals surface area contributed by atoms with Crippen LogP contribution < -0.4 is 10.5 Å². The third kappa shape index (κ3) is 1.34. The van der Waals surface area contributed by atoms with Crippen LogP contribution in [0.5, 0.6) is 5.75 Å². The average Bonchev–Trinajstić information content (AvgIpc) is 3.14. The lowest BCUT2D eigenvalue weighted by molar-refractivity contribution is 0.418. The Balaban J connectivity index is 2.37. The highest BCUT2D eigenvalue weighted by molar-refractivity contribution is 5.91. The van der Waals surface area contributed by atoms with Gasteiger partial charge in [0.15, 0.2) is 0 Å². The van der Waals surface area contributed by atoms with Gasteiger partial charge in [-0.25, -0.2) is 0 Å². The van der Waals surface area contributed by atoms with Crippen LogP contribution in [0.3, 0.4) is 0 Å². The predicted octanol–water partition coefficient (Wildman–Crippen LogP) is 2.49. The van der Waals surface area contributed by atoms with Crippen molar-refractivity contribution in [1.82, 2.24) is 4.57 Å². The molecule has 2 N–H and O–H groups in total. The fourth-order valence-electron chi connectivity index (χ4n) is 3.14. The van der Waals surface area contributed by atoms with Gasteiger partial charge in [0.1, 0.15) is 5.75 Å². The van der Waals surface area contributed by atoms with E-state index in [0.717, 1.165) is 12.3 Å². The zero-order chi connectivity index (χ0) is 12.9. The van der Waals surface area contributed by atoms with E-state index in [1.165, 1.54) is 35.0 Å². The molecule has 0 amide bonds. The summed E-state index contributed by atoms with van der Waals surface area (Å²) in [4.78, 5) is 0. The predicted molar refractivity (Wildman–Crippen MR) is 74.2 cm³/mol. The first kappa shape index (κ1) is 11.6. The minimum atomic E-state index is 0.218. The molecular formula is C15H20N2O. The summed E-state index contributed by atoms with van der Waals surface area (Å²) in [5.41, 5.74) is 10.2. The van der Waals surface area contributed by atoms with Crippen molar-refractivity contribution in [3.63, 3.8) is 0 Å². The molecule has 0 unspecified atom stereocenters. The summed E-state index contributed by atoms with van der Waals surface area (Å²) in [7, 11) is 3.84. The molecule has 2 aromatic rings. The van der Waals surface area contributed by atoms with Gasteiger partial charge >= 0.3 is 0 Å². The number of nitrogens with zero attached hydrogens (tertiary/aromatic N) is 1. The van der Waals surface area contributed by atoms with Gasteiger partial charge < -0.3 is 15.0 Å². The molecular weight excluding hydrogens is 224 g/mol. The van der Waals surface area contributed by atoms with Crippen molar-refractivity contribution >= 4 is 10.9 Å². The van der Waals surface area contributed by atoms with Crippen LogP contribution >= 0.6 is 0 Å². The first-order valence-corrected chi connectivity index (χ1v) is 6.47. The number of aromatic nitrogens is 1. The maximum Gasteiger partial charge on any atom is 0.143 e. The maximum absolute atomic E-state index is 6.00. The van der Waals surface area contributed by atoms with Crippen molar-refractivity contribution in [1.29, 1.82) is 0 Å². The molecule has 0 bridgehead atoms. The molecule has 1 aliphatic rings. The first-order chi connectivity index (χ1) is 8.64. The van der Waals surface area contributed by atoms with Crippen molar-refractivity contribution in [2.24, 2.45) is 12.8 Å². The molecule has 1 fully saturated rings. The van der Waals surface area contributed by atoms with Crippen molar-refractivity contribution in [2.75, 3.05) is 13.7 Å². The molecule has 96 valence electrons. The Morgan fingerprint density at radius 3 is 2.67 bits per heavy atom. The van der Waals surface area contributed by atoms with E-state index in [0.29, 0.717) is 0 Å². The molecule has 1 aromatic heterocycles. The quantitative estimate of drug-likeness (QED) is 0.901.